The van der Waals surface area contributed by atoms with Gasteiger partial charge in [-0.25, -0.2) is 4.98 Å². The fourth-order valence-corrected chi connectivity index (χ4v) is 6.27. The van der Waals surface area contributed by atoms with Crippen LogP contribution in [-0.4, -0.2) is 65.4 Å². The van der Waals surface area contributed by atoms with E-state index >= 15 is 0 Å². The lowest BCUT2D eigenvalue weighted by molar-refractivity contribution is -0.149. The molecule has 1 atom stereocenters. The van der Waals surface area contributed by atoms with Gasteiger partial charge in [0, 0.05) is 43.4 Å². The van der Waals surface area contributed by atoms with Crippen LogP contribution in [0.4, 0.5) is 0 Å². The maximum absolute atomic E-state index is 13.0. The largest absolute Gasteiger partial charge is 0.466 e. The van der Waals surface area contributed by atoms with E-state index in [1.165, 1.54) is 19.3 Å². The smallest absolute Gasteiger partial charge is 0.310 e. The molecule has 2 saturated heterocycles. The van der Waals surface area contributed by atoms with E-state index < -0.39 is 0 Å². The van der Waals surface area contributed by atoms with Crippen molar-refractivity contribution in [3.8, 4) is 0 Å². The van der Waals surface area contributed by atoms with Crippen LogP contribution in [-0.2, 0) is 14.3 Å². The third-order valence-electron chi connectivity index (χ3n) is 7.18. The second-order valence-corrected chi connectivity index (χ2v) is 10.2. The van der Waals surface area contributed by atoms with Crippen molar-refractivity contribution in [2.24, 2.45) is 11.8 Å². The molecule has 2 aliphatic heterocycles. The first kappa shape index (κ1) is 23.2. The van der Waals surface area contributed by atoms with Gasteiger partial charge in [-0.05, 0) is 45.4 Å². The van der Waals surface area contributed by atoms with E-state index in [1.807, 2.05) is 5.38 Å². The molecule has 32 heavy (non-hydrogen) atoms. The van der Waals surface area contributed by atoms with E-state index in [0.29, 0.717) is 37.2 Å². The Morgan fingerprint density at radius 2 is 1.69 bits per heavy atom. The van der Waals surface area contributed by atoms with Crippen LogP contribution < -0.4 is 0 Å². The molecule has 3 fully saturated rings. The van der Waals surface area contributed by atoms with E-state index in [4.69, 9.17) is 4.74 Å². The highest BCUT2D eigenvalue weighted by molar-refractivity contribution is 7.09. The van der Waals surface area contributed by atoms with Crippen LogP contribution in [0.25, 0.3) is 0 Å². The zero-order valence-corrected chi connectivity index (χ0v) is 19.9. The molecule has 3 heterocycles. The standard InChI is InChI=1S/C24H35N3O4S/c1-2-31-24(30)19-9-6-12-27(15-19)23(29)20-16-32-21(25-20)17-10-13-26(14-11-17)22(28)18-7-4-3-5-8-18/h16-19H,2-15H2,1H3. The van der Waals surface area contributed by atoms with Crippen molar-refractivity contribution < 1.29 is 19.1 Å². The van der Waals surface area contributed by atoms with Crippen molar-refractivity contribution in [2.45, 2.75) is 70.6 Å². The quantitative estimate of drug-likeness (QED) is 0.623. The molecule has 0 N–H and O–H groups in total. The minimum Gasteiger partial charge on any atom is -0.466 e. The van der Waals surface area contributed by atoms with Crippen LogP contribution >= 0.6 is 11.3 Å². The predicted molar refractivity (Wildman–Crippen MR) is 123 cm³/mol. The van der Waals surface area contributed by atoms with Gasteiger partial charge in [0.2, 0.25) is 5.91 Å². The molecule has 4 rings (SSSR count). The summed E-state index contributed by atoms with van der Waals surface area (Å²) < 4.78 is 5.14. The molecule has 176 valence electrons. The van der Waals surface area contributed by atoms with E-state index in [-0.39, 0.29) is 23.7 Å². The first-order valence-corrected chi connectivity index (χ1v) is 13.1. The highest BCUT2D eigenvalue weighted by atomic mass is 32.1. The molecule has 1 saturated carbocycles. The van der Waals surface area contributed by atoms with Gasteiger partial charge in [0.05, 0.1) is 17.5 Å². The maximum Gasteiger partial charge on any atom is 0.310 e. The van der Waals surface area contributed by atoms with Gasteiger partial charge in [0.25, 0.3) is 5.91 Å². The Hall–Kier alpha value is -1.96. The number of hydrogen-bond donors (Lipinski definition) is 0. The molecular formula is C24H35N3O4S. The summed E-state index contributed by atoms with van der Waals surface area (Å²) in [7, 11) is 0. The number of amides is 2. The SMILES string of the molecule is CCOC(=O)C1CCCN(C(=O)c2csc(C3CCN(C(=O)C4CCCCC4)CC3)n2)C1. The summed E-state index contributed by atoms with van der Waals surface area (Å²) in [5.41, 5.74) is 0.482. The predicted octanol–water partition coefficient (Wildman–Crippen LogP) is 3.84. The van der Waals surface area contributed by atoms with Crippen molar-refractivity contribution >= 4 is 29.1 Å². The van der Waals surface area contributed by atoms with Crippen LogP contribution in [0.5, 0.6) is 0 Å². The first-order chi connectivity index (χ1) is 15.6. The molecule has 7 nitrogen and oxygen atoms in total. The Labute approximate surface area is 194 Å². The summed E-state index contributed by atoms with van der Waals surface area (Å²) in [6, 6.07) is 0. The van der Waals surface area contributed by atoms with Crippen LogP contribution in [0.1, 0.15) is 86.1 Å². The molecule has 0 bridgehead atoms. The Morgan fingerprint density at radius 3 is 2.41 bits per heavy atom. The summed E-state index contributed by atoms with van der Waals surface area (Å²) in [4.78, 5) is 46.4. The number of piperidine rings is 2. The van der Waals surface area contributed by atoms with E-state index in [2.05, 4.69) is 9.88 Å². The highest BCUT2D eigenvalue weighted by Gasteiger charge is 2.33. The Kier molecular flexibility index (Phi) is 7.81. The van der Waals surface area contributed by atoms with Crippen molar-refractivity contribution in [1.29, 1.82) is 0 Å². The van der Waals surface area contributed by atoms with Crippen LogP contribution in [0.3, 0.4) is 0 Å². The van der Waals surface area contributed by atoms with Gasteiger partial charge in [0.15, 0.2) is 0 Å². The monoisotopic (exact) mass is 461 g/mol. The summed E-state index contributed by atoms with van der Waals surface area (Å²) in [5, 5.41) is 2.85. The Bertz CT molecular complexity index is 812. The maximum atomic E-state index is 13.0. The number of carbonyl (C=O) groups is 3. The van der Waals surface area contributed by atoms with Gasteiger partial charge in [-0.2, -0.15) is 0 Å². The number of likely N-dealkylation sites (tertiary alicyclic amines) is 2. The average Bonchev–Trinajstić information content (AvgIpc) is 3.34. The van der Waals surface area contributed by atoms with Gasteiger partial charge in [-0.15, -0.1) is 11.3 Å². The second kappa shape index (κ2) is 10.8. The zero-order chi connectivity index (χ0) is 22.5. The lowest BCUT2D eigenvalue weighted by Crippen LogP contribution is -2.43. The Morgan fingerprint density at radius 1 is 0.969 bits per heavy atom. The van der Waals surface area contributed by atoms with Gasteiger partial charge < -0.3 is 14.5 Å². The topological polar surface area (TPSA) is 79.8 Å². The molecular weight excluding hydrogens is 426 g/mol. The summed E-state index contributed by atoms with van der Waals surface area (Å²) >= 11 is 1.55. The number of nitrogens with zero attached hydrogens (tertiary/aromatic N) is 3. The second-order valence-electron chi connectivity index (χ2n) is 9.35. The summed E-state index contributed by atoms with van der Waals surface area (Å²) in [6.45, 7) is 4.81. The Balaban J connectivity index is 1.30. The summed E-state index contributed by atoms with van der Waals surface area (Å²) in [5.74, 6) is 0.346. The third kappa shape index (κ3) is 5.33. The van der Waals surface area contributed by atoms with Crippen molar-refractivity contribution in [3.05, 3.63) is 16.1 Å². The average molecular weight is 462 g/mol. The molecule has 8 heteroatoms. The van der Waals surface area contributed by atoms with Crippen LogP contribution in [0.15, 0.2) is 5.38 Å². The van der Waals surface area contributed by atoms with Gasteiger partial charge >= 0.3 is 5.97 Å². The molecule has 1 aliphatic carbocycles. The number of esters is 1. The number of hydrogen-bond acceptors (Lipinski definition) is 6. The third-order valence-corrected chi connectivity index (χ3v) is 8.19. The lowest BCUT2D eigenvalue weighted by Gasteiger charge is -2.34. The molecule has 1 unspecified atom stereocenters. The fraction of sp³-hybridized carbons (Fsp3) is 0.750. The lowest BCUT2D eigenvalue weighted by atomic mass is 9.87. The van der Waals surface area contributed by atoms with Gasteiger partial charge in [-0.1, -0.05) is 19.3 Å². The molecule has 0 aromatic carbocycles. The number of rotatable bonds is 5. The van der Waals surface area contributed by atoms with Crippen molar-refractivity contribution in [1.82, 2.24) is 14.8 Å². The van der Waals surface area contributed by atoms with Crippen LogP contribution in [0, 0.1) is 11.8 Å². The summed E-state index contributed by atoms with van der Waals surface area (Å²) in [6.07, 6.45) is 9.11. The first-order valence-electron chi connectivity index (χ1n) is 12.3. The van der Waals surface area contributed by atoms with Gasteiger partial charge in [0.1, 0.15) is 5.69 Å². The van der Waals surface area contributed by atoms with E-state index in [9.17, 15) is 14.4 Å². The molecule has 1 aromatic rings. The highest BCUT2D eigenvalue weighted by Crippen LogP contribution is 2.33. The van der Waals surface area contributed by atoms with E-state index in [0.717, 1.165) is 56.6 Å². The number of aromatic nitrogens is 1. The van der Waals surface area contributed by atoms with E-state index in [1.54, 1.807) is 23.2 Å². The minimum atomic E-state index is -0.239. The van der Waals surface area contributed by atoms with Crippen LogP contribution in [0.2, 0.25) is 0 Å². The normalized spacial score (nSPS) is 23.2. The molecule has 2 amide bonds. The molecule has 0 radical (unpaired) electrons. The van der Waals surface area contributed by atoms with Gasteiger partial charge in [-0.3, -0.25) is 14.4 Å². The fourth-order valence-electron chi connectivity index (χ4n) is 5.30. The number of ether oxygens (including phenoxy) is 1. The number of carbonyl (C=O) groups excluding carboxylic acids is 3. The molecule has 3 aliphatic rings. The van der Waals surface area contributed by atoms with Crippen molar-refractivity contribution in [3.63, 3.8) is 0 Å². The zero-order valence-electron chi connectivity index (χ0n) is 19.1. The van der Waals surface area contributed by atoms with Crippen molar-refractivity contribution in [2.75, 3.05) is 32.8 Å². The number of thiazole rings is 1. The molecule has 1 aromatic heterocycles. The minimum absolute atomic E-state index is 0.0913. The molecule has 0 spiro atoms.